The van der Waals surface area contributed by atoms with Crippen LogP contribution in [-0.4, -0.2) is 33.5 Å². The Hall–Kier alpha value is -2.13. The standard InChI is InChI=1S/C7H10N2O8/c10-7(11)4-1-5(16-8(12)13)3-6(2-4)17-9(14)15/h4-6H,1-3H2,(H,10,11)/t4-,5+,6-. The average Bonchev–Trinajstić information content (AvgIpc) is 2.14. The molecule has 17 heavy (non-hydrogen) atoms. The van der Waals surface area contributed by atoms with E-state index >= 15 is 0 Å². The van der Waals surface area contributed by atoms with E-state index < -0.39 is 34.3 Å². The van der Waals surface area contributed by atoms with Crippen LogP contribution in [0.5, 0.6) is 0 Å². The normalized spacial score (nSPS) is 28.1. The van der Waals surface area contributed by atoms with Gasteiger partial charge in [-0.3, -0.25) is 4.79 Å². The number of carboxylic acid groups (broad SMARTS) is 1. The molecular formula is C7H10N2O8. The van der Waals surface area contributed by atoms with Crippen LogP contribution in [-0.2, 0) is 14.5 Å². The van der Waals surface area contributed by atoms with Crippen molar-refractivity contribution in [3.8, 4) is 0 Å². The van der Waals surface area contributed by atoms with Gasteiger partial charge in [0.05, 0.1) is 5.92 Å². The Morgan fingerprint density at radius 1 is 1.06 bits per heavy atom. The van der Waals surface area contributed by atoms with Crippen LogP contribution < -0.4 is 0 Å². The summed E-state index contributed by atoms with van der Waals surface area (Å²) in [6.45, 7) is 0. The maximum absolute atomic E-state index is 10.8. The van der Waals surface area contributed by atoms with E-state index in [0.717, 1.165) is 0 Å². The molecule has 0 heterocycles. The number of hydrogen-bond donors (Lipinski definition) is 1. The quantitative estimate of drug-likeness (QED) is 0.531. The van der Waals surface area contributed by atoms with E-state index in [1.807, 2.05) is 0 Å². The van der Waals surface area contributed by atoms with Gasteiger partial charge in [0, 0.05) is 6.42 Å². The van der Waals surface area contributed by atoms with Crippen LogP contribution in [0.25, 0.3) is 0 Å². The number of nitrogens with zero attached hydrogens (tertiary/aromatic N) is 2. The summed E-state index contributed by atoms with van der Waals surface area (Å²) >= 11 is 0. The highest BCUT2D eigenvalue weighted by molar-refractivity contribution is 5.70. The van der Waals surface area contributed by atoms with Gasteiger partial charge in [-0.1, -0.05) is 0 Å². The molecule has 0 aromatic heterocycles. The second-order valence-corrected chi connectivity index (χ2v) is 3.64. The second kappa shape index (κ2) is 5.27. The molecule has 3 atom stereocenters. The highest BCUT2D eigenvalue weighted by atomic mass is 17.0. The lowest BCUT2D eigenvalue weighted by molar-refractivity contribution is -0.781. The van der Waals surface area contributed by atoms with E-state index in [0.29, 0.717) is 0 Å². The minimum absolute atomic E-state index is 0.0616. The molecule has 0 unspecified atom stereocenters. The van der Waals surface area contributed by atoms with Crippen LogP contribution in [0.3, 0.4) is 0 Å². The van der Waals surface area contributed by atoms with Crippen molar-refractivity contribution in [2.75, 3.05) is 0 Å². The monoisotopic (exact) mass is 250 g/mol. The molecule has 10 nitrogen and oxygen atoms in total. The first-order valence-corrected chi connectivity index (χ1v) is 4.73. The lowest BCUT2D eigenvalue weighted by Gasteiger charge is -2.29. The van der Waals surface area contributed by atoms with Gasteiger partial charge >= 0.3 is 5.97 Å². The predicted molar refractivity (Wildman–Crippen MR) is 48.7 cm³/mol. The van der Waals surface area contributed by atoms with Crippen LogP contribution in [0.2, 0.25) is 0 Å². The molecule has 0 amide bonds. The maximum atomic E-state index is 10.8. The van der Waals surface area contributed by atoms with Crippen molar-refractivity contribution in [1.82, 2.24) is 0 Å². The molecular weight excluding hydrogens is 240 g/mol. The van der Waals surface area contributed by atoms with E-state index in [4.69, 9.17) is 5.11 Å². The van der Waals surface area contributed by atoms with Crippen molar-refractivity contribution in [3.05, 3.63) is 20.2 Å². The molecule has 1 aliphatic rings. The Kier molecular flexibility index (Phi) is 4.01. The van der Waals surface area contributed by atoms with Crippen molar-refractivity contribution in [1.29, 1.82) is 0 Å². The van der Waals surface area contributed by atoms with Gasteiger partial charge < -0.3 is 14.8 Å². The zero-order valence-electron chi connectivity index (χ0n) is 8.55. The fourth-order valence-electron chi connectivity index (χ4n) is 1.83. The number of carboxylic acids is 1. The van der Waals surface area contributed by atoms with Gasteiger partial charge in [0.25, 0.3) is 10.2 Å². The third-order valence-electron chi connectivity index (χ3n) is 2.44. The minimum Gasteiger partial charge on any atom is -0.481 e. The predicted octanol–water partition coefficient (Wildman–Crippen LogP) is 0.0249. The van der Waals surface area contributed by atoms with E-state index in [-0.39, 0.29) is 19.3 Å². The number of rotatable bonds is 5. The summed E-state index contributed by atoms with van der Waals surface area (Å²) < 4.78 is 0. The van der Waals surface area contributed by atoms with Crippen LogP contribution in [0.15, 0.2) is 0 Å². The summed E-state index contributed by atoms with van der Waals surface area (Å²) in [6, 6.07) is 0. The highest BCUT2D eigenvalue weighted by Gasteiger charge is 2.36. The van der Waals surface area contributed by atoms with Crippen LogP contribution in [0.4, 0.5) is 0 Å². The summed E-state index contributed by atoms with van der Waals surface area (Å²) in [6.07, 6.45) is -2.19. The Morgan fingerprint density at radius 3 is 1.76 bits per heavy atom. The summed E-state index contributed by atoms with van der Waals surface area (Å²) in [4.78, 5) is 39.5. The molecule has 1 saturated carbocycles. The molecule has 1 rings (SSSR count). The lowest BCUT2D eigenvalue weighted by atomic mass is 9.85. The summed E-state index contributed by atoms with van der Waals surface area (Å²) in [7, 11) is 0. The van der Waals surface area contributed by atoms with Gasteiger partial charge in [0.2, 0.25) is 0 Å². The van der Waals surface area contributed by atoms with Gasteiger partial charge in [-0.2, -0.15) is 0 Å². The SMILES string of the molecule is O=C(O)[C@@H]1C[C@H](O[N+](=O)[O-])C[C@H](O[N+](=O)[O-])C1. The van der Waals surface area contributed by atoms with Crippen LogP contribution in [0, 0.1) is 26.1 Å². The smallest absolute Gasteiger partial charge is 0.306 e. The molecule has 10 heteroatoms. The molecule has 1 N–H and O–H groups in total. The highest BCUT2D eigenvalue weighted by Crippen LogP contribution is 2.29. The van der Waals surface area contributed by atoms with Gasteiger partial charge in [0.15, 0.2) is 0 Å². The van der Waals surface area contributed by atoms with E-state index in [1.54, 1.807) is 0 Å². The van der Waals surface area contributed by atoms with Crippen molar-refractivity contribution >= 4 is 5.97 Å². The van der Waals surface area contributed by atoms with E-state index in [9.17, 15) is 25.0 Å². The molecule has 1 fully saturated rings. The van der Waals surface area contributed by atoms with Gasteiger partial charge in [-0.05, 0) is 12.8 Å². The number of carbonyl (C=O) groups is 1. The van der Waals surface area contributed by atoms with Crippen molar-refractivity contribution in [3.63, 3.8) is 0 Å². The first kappa shape index (κ1) is 12.9. The lowest BCUT2D eigenvalue weighted by Crippen LogP contribution is -2.38. The Balaban J connectivity index is 2.65. The van der Waals surface area contributed by atoms with E-state index in [2.05, 4.69) is 9.68 Å². The third-order valence-corrected chi connectivity index (χ3v) is 2.44. The largest absolute Gasteiger partial charge is 0.481 e. The molecule has 1 aliphatic carbocycles. The van der Waals surface area contributed by atoms with Gasteiger partial charge in [0.1, 0.15) is 12.2 Å². The maximum Gasteiger partial charge on any atom is 0.306 e. The Bertz CT molecular complexity index is 308. The topological polar surface area (TPSA) is 142 Å². The molecule has 0 saturated heterocycles. The third kappa shape index (κ3) is 4.09. The van der Waals surface area contributed by atoms with Crippen molar-refractivity contribution < 1.29 is 29.7 Å². The fourth-order valence-corrected chi connectivity index (χ4v) is 1.83. The number of hydrogen-bond acceptors (Lipinski definition) is 7. The molecule has 0 aliphatic heterocycles. The minimum atomic E-state index is -1.18. The average molecular weight is 250 g/mol. The zero-order valence-corrected chi connectivity index (χ0v) is 8.55. The zero-order chi connectivity index (χ0) is 13.0. The molecule has 0 radical (unpaired) electrons. The van der Waals surface area contributed by atoms with Crippen molar-refractivity contribution in [2.24, 2.45) is 5.92 Å². The molecule has 0 aromatic rings. The molecule has 0 aromatic carbocycles. The molecule has 0 spiro atoms. The Morgan fingerprint density at radius 2 is 1.47 bits per heavy atom. The van der Waals surface area contributed by atoms with Gasteiger partial charge in [-0.25, -0.2) is 0 Å². The summed E-state index contributed by atoms with van der Waals surface area (Å²) in [5, 5.41) is 27.0. The first-order valence-electron chi connectivity index (χ1n) is 4.73. The van der Waals surface area contributed by atoms with Crippen LogP contribution >= 0.6 is 0 Å². The van der Waals surface area contributed by atoms with E-state index in [1.165, 1.54) is 0 Å². The van der Waals surface area contributed by atoms with Gasteiger partial charge in [-0.15, -0.1) is 20.2 Å². The Labute approximate surface area is 94.3 Å². The summed E-state index contributed by atoms with van der Waals surface area (Å²) in [5.41, 5.74) is 0. The fraction of sp³-hybridized carbons (Fsp3) is 0.857. The summed E-state index contributed by atoms with van der Waals surface area (Å²) in [5.74, 6) is -2.13. The first-order chi connectivity index (χ1) is 7.88. The van der Waals surface area contributed by atoms with Crippen LogP contribution in [0.1, 0.15) is 19.3 Å². The molecule has 0 bridgehead atoms. The van der Waals surface area contributed by atoms with Crippen molar-refractivity contribution in [2.45, 2.75) is 31.5 Å². The second-order valence-electron chi connectivity index (χ2n) is 3.64. The number of aliphatic carboxylic acids is 1. The molecule has 96 valence electrons.